The summed E-state index contributed by atoms with van der Waals surface area (Å²) in [6.07, 6.45) is 2.01. The average molecular weight is 375 g/mol. The molecule has 0 amide bonds. The number of hydrogen-bond donors (Lipinski definition) is 1. The molecule has 4 aromatic rings. The lowest BCUT2D eigenvalue weighted by Gasteiger charge is -2.35. The third kappa shape index (κ3) is 2.11. The number of benzene rings is 2. The van der Waals surface area contributed by atoms with Gasteiger partial charge in [0, 0.05) is 29.7 Å². The van der Waals surface area contributed by atoms with Crippen molar-refractivity contribution in [2.24, 2.45) is 7.05 Å². The third-order valence-corrected chi connectivity index (χ3v) is 5.75. The Morgan fingerprint density at radius 2 is 1.89 bits per heavy atom. The summed E-state index contributed by atoms with van der Waals surface area (Å²) >= 11 is 0. The van der Waals surface area contributed by atoms with Crippen molar-refractivity contribution in [1.29, 1.82) is 0 Å². The molecule has 28 heavy (non-hydrogen) atoms. The van der Waals surface area contributed by atoms with Gasteiger partial charge in [0.15, 0.2) is 5.82 Å². The van der Waals surface area contributed by atoms with Crippen LogP contribution in [0.15, 0.2) is 36.5 Å². The van der Waals surface area contributed by atoms with E-state index in [1.807, 2.05) is 59.1 Å². The van der Waals surface area contributed by atoms with Gasteiger partial charge in [0.1, 0.15) is 11.6 Å². The number of aromatic nitrogens is 4. The number of fused-ring (bicyclic) bond motifs is 4. The van der Waals surface area contributed by atoms with E-state index in [0.29, 0.717) is 5.56 Å². The van der Waals surface area contributed by atoms with Crippen LogP contribution in [0.4, 0.5) is 10.1 Å². The first-order valence-electron chi connectivity index (χ1n) is 9.38. The highest BCUT2D eigenvalue weighted by Crippen LogP contribution is 2.43. The largest absolute Gasteiger partial charge is 0.371 e. The van der Waals surface area contributed by atoms with Gasteiger partial charge in [0.2, 0.25) is 0 Å². The normalized spacial score (nSPS) is 14.6. The fraction of sp³-hybridized carbons (Fsp3) is 0.273. The Kier molecular flexibility index (Phi) is 3.30. The van der Waals surface area contributed by atoms with Crippen LogP contribution in [0.25, 0.3) is 27.7 Å². The van der Waals surface area contributed by atoms with Gasteiger partial charge >= 0.3 is 0 Å². The van der Waals surface area contributed by atoms with E-state index in [2.05, 4.69) is 30.7 Å². The molecule has 1 N–H and O–H groups in total. The molecule has 6 heteroatoms. The van der Waals surface area contributed by atoms with E-state index in [1.54, 1.807) is 6.07 Å². The molecule has 0 aliphatic carbocycles. The van der Waals surface area contributed by atoms with E-state index in [1.165, 1.54) is 0 Å². The highest BCUT2D eigenvalue weighted by Gasteiger charge is 2.36. The highest BCUT2D eigenvalue weighted by atomic mass is 19.1. The zero-order valence-corrected chi connectivity index (χ0v) is 16.6. The maximum Gasteiger partial charge on any atom is 0.162 e. The Hall–Kier alpha value is -3.15. The smallest absolute Gasteiger partial charge is 0.162 e. The van der Waals surface area contributed by atoms with Crippen molar-refractivity contribution in [2.45, 2.75) is 33.2 Å². The molecule has 5 rings (SSSR count). The Bertz CT molecular complexity index is 1260. The number of hydrogen-bond acceptors (Lipinski definition) is 3. The van der Waals surface area contributed by atoms with Crippen molar-refractivity contribution in [1.82, 2.24) is 19.3 Å². The molecule has 2 aromatic carbocycles. The monoisotopic (exact) mass is 375 g/mol. The molecule has 0 radical (unpaired) electrons. The lowest BCUT2D eigenvalue weighted by molar-refractivity contribution is 0.532. The van der Waals surface area contributed by atoms with Crippen LogP contribution in [0.5, 0.6) is 0 Å². The van der Waals surface area contributed by atoms with Crippen molar-refractivity contribution >= 4 is 16.6 Å². The number of halogens is 1. The molecule has 0 unspecified atom stereocenters. The van der Waals surface area contributed by atoms with Crippen molar-refractivity contribution in [2.75, 3.05) is 5.32 Å². The SMILES string of the molecule is Cc1c(-c2cccc3c2ccn3C)c(F)cc2c1-n1c(C)nnc1C(C)(C)N2. The summed E-state index contributed by atoms with van der Waals surface area (Å²) in [6.45, 7) is 7.97. The maximum atomic E-state index is 15.4. The van der Waals surface area contributed by atoms with Gasteiger partial charge in [0.25, 0.3) is 0 Å². The van der Waals surface area contributed by atoms with Crippen LogP contribution >= 0.6 is 0 Å². The second kappa shape index (κ2) is 5.44. The van der Waals surface area contributed by atoms with Gasteiger partial charge in [-0.25, -0.2) is 4.39 Å². The fourth-order valence-electron chi connectivity index (χ4n) is 4.43. The zero-order valence-electron chi connectivity index (χ0n) is 16.6. The second-order valence-corrected chi connectivity index (χ2v) is 8.08. The standard InChI is InChI=1S/C22H22FN5/c1-12-19(15-7-6-8-18-14(15)9-10-27(18)5)16(23)11-17-20(12)28-13(2)25-26-21(28)22(3,4)24-17/h6-11,24H,1-5H3. The zero-order chi connectivity index (χ0) is 19.8. The van der Waals surface area contributed by atoms with Crippen LogP contribution in [0.3, 0.4) is 0 Å². The van der Waals surface area contributed by atoms with Crippen LogP contribution in [-0.4, -0.2) is 19.3 Å². The van der Waals surface area contributed by atoms with Gasteiger partial charge in [-0.15, -0.1) is 10.2 Å². The lowest BCUT2D eigenvalue weighted by atomic mass is 9.92. The number of rotatable bonds is 1. The van der Waals surface area contributed by atoms with E-state index >= 15 is 4.39 Å². The number of nitrogens with one attached hydrogen (secondary N) is 1. The predicted molar refractivity (Wildman–Crippen MR) is 109 cm³/mol. The number of anilines is 1. The van der Waals surface area contributed by atoms with E-state index in [4.69, 9.17) is 0 Å². The Morgan fingerprint density at radius 1 is 1.11 bits per heavy atom. The van der Waals surface area contributed by atoms with Crippen molar-refractivity contribution in [3.8, 4) is 16.8 Å². The van der Waals surface area contributed by atoms with E-state index < -0.39 is 5.54 Å². The molecule has 0 saturated heterocycles. The van der Waals surface area contributed by atoms with E-state index in [0.717, 1.165) is 45.1 Å². The molecule has 2 aromatic heterocycles. The van der Waals surface area contributed by atoms with Gasteiger partial charge in [-0.1, -0.05) is 12.1 Å². The van der Waals surface area contributed by atoms with Crippen LogP contribution in [0.1, 0.15) is 31.1 Å². The molecule has 3 heterocycles. The van der Waals surface area contributed by atoms with Crippen molar-refractivity contribution in [3.63, 3.8) is 0 Å². The molecule has 0 bridgehead atoms. The van der Waals surface area contributed by atoms with Crippen LogP contribution in [0, 0.1) is 19.7 Å². The number of aryl methyl sites for hydroxylation is 2. The first-order valence-corrected chi connectivity index (χ1v) is 9.38. The van der Waals surface area contributed by atoms with Gasteiger partial charge in [-0.3, -0.25) is 4.57 Å². The molecule has 0 atom stereocenters. The molecule has 0 fully saturated rings. The van der Waals surface area contributed by atoms with Gasteiger partial charge in [0.05, 0.1) is 16.9 Å². The molecule has 1 aliphatic rings. The fourth-order valence-corrected chi connectivity index (χ4v) is 4.43. The van der Waals surface area contributed by atoms with Crippen LogP contribution in [-0.2, 0) is 12.6 Å². The first kappa shape index (κ1) is 17.0. The Labute approximate surface area is 162 Å². The third-order valence-electron chi connectivity index (χ3n) is 5.75. The van der Waals surface area contributed by atoms with Gasteiger partial charge in [-0.05, 0) is 57.0 Å². The Morgan fingerprint density at radius 3 is 2.68 bits per heavy atom. The average Bonchev–Trinajstić information content (AvgIpc) is 3.19. The summed E-state index contributed by atoms with van der Waals surface area (Å²) in [6, 6.07) is 9.66. The van der Waals surface area contributed by atoms with Crippen LogP contribution in [0.2, 0.25) is 0 Å². The number of nitrogens with zero attached hydrogens (tertiary/aromatic N) is 4. The quantitative estimate of drug-likeness (QED) is 0.518. The highest BCUT2D eigenvalue weighted by molar-refractivity contribution is 5.97. The second-order valence-electron chi connectivity index (χ2n) is 8.08. The van der Waals surface area contributed by atoms with Crippen molar-refractivity contribution in [3.05, 3.63) is 59.6 Å². The topological polar surface area (TPSA) is 47.7 Å². The minimum atomic E-state index is -0.436. The summed E-state index contributed by atoms with van der Waals surface area (Å²) in [7, 11) is 2.00. The maximum absolute atomic E-state index is 15.4. The molecule has 1 aliphatic heterocycles. The first-order chi connectivity index (χ1) is 13.3. The predicted octanol–water partition coefficient (Wildman–Crippen LogP) is 4.84. The summed E-state index contributed by atoms with van der Waals surface area (Å²) < 4.78 is 19.5. The molecule has 0 spiro atoms. The molecule has 142 valence electrons. The van der Waals surface area contributed by atoms with E-state index in [-0.39, 0.29) is 5.82 Å². The molecular formula is C22H22FN5. The summed E-state index contributed by atoms with van der Waals surface area (Å²) in [5.41, 5.74) is 4.71. The van der Waals surface area contributed by atoms with Gasteiger partial charge in [-0.2, -0.15) is 0 Å². The van der Waals surface area contributed by atoms with E-state index in [9.17, 15) is 0 Å². The summed E-state index contributed by atoms with van der Waals surface area (Å²) in [5.74, 6) is 1.39. The molecule has 0 saturated carbocycles. The minimum absolute atomic E-state index is 0.231. The molecular weight excluding hydrogens is 353 g/mol. The summed E-state index contributed by atoms with van der Waals surface area (Å²) in [5, 5.41) is 13.1. The summed E-state index contributed by atoms with van der Waals surface area (Å²) in [4.78, 5) is 0. The lowest BCUT2D eigenvalue weighted by Crippen LogP contribution is -2.36. The van der Waals surface area contributed by atoms with Crippen molar-refractivity contribution < 1.29 is 4.39 Å². The van der Waals surface area contributed by atoms with Gasteiger partial charge < -0.3 is 9.88 Å². The minimum Gasteiger partial charge on any atom is -0.371 e. The molecule has 5 nitrogen and oxygen atoms in total. The Balaban J connectivity index is 1.86. The van der Waals surface area contributed by atoms with Crippen LogP contribution < -0.4 is 5.32 Å².